The van der Waals surface area contributed by atoms with Crippen molar-refractivity contribution >= 4 is 11.6 Å². The molecule has 0 spiro atoms. The Kier molecular flexibility index (Phi) is 4.17. The van der Waals surface area contributed by atoms with Crippen LogP contribution in [0.3, 0.4) is 0 Å². The van der Waals surface area contributed by atoms with Gasteiger partial charge in [0.15, 0.2) is 5.78 Å². The van der Waals surface area contributed by atoms with Crippen molar-refractivity contribution < 1.29 is 14.6 Å². The van der Waals surface area contributed by atoms with E-state index in [9.17, 15) is 9.90 Å². The lowest BCUT2D eigenvalue weighted by molar-refractivity contribution is -0.0573. The molecule has 19 heavy (non-hydrogen) atoms. The largest absolute Gasteiger partial charge is 0.388 e. The molecule has 1 N–H and O–H groups in total. The maximum absolute atomic E-state index is 11.2. The van der Waals surface area contributed by atoms with Gasteiger partial charge >= 0.3 is 0 Å². The molecule has 5 heteroatoms. The molecule has 0 bridgehead atoms. The van der Waals surface area contributed by atoms with Crippen LogP contribution in [0.5, 0.6) is 0 Å². The first kappa shape index (κ1) is 14.0. The molecule has 104 valence electrons. The van der Waals surface area contributed by atoms with Crippen molar-refractivity contribution in [1.82, 2.24) is 4.98 Å². The van der Waals surface area contributed by atoms with Crippen molar-refractivity contribution in [3.63, 3.8) is 0 Å². The summed E-state index contributed by atoms with van der Waals surface area (Å²) in [4.78, 5) is 17.4. The highest BCUT2D eigenvalue weighted by Gasteiger charge is 2.31. The van der Waals surface area contributed by atoms with Crippen LogP contribution >= 0.6 is 0 Å². The van der Waals surface area contributed by atoms with E-state index in [2.05, 4.69) is 4.98 Å². The number of aromatic nitrogens is 1. The molecule has 5 nitrogen and oxygen atoms in total. The summed E-state index contributed by atoms with van der Waals surface area (Å²) < 4.78 is 5.26. The Balaban J connectivity index is 2.02. The molecule has 0 aliphatic carbocycles. The Morgan fingerprint density at radius 3 is 2.68 bits per heavy atom. The van der Waals surface area contributed by atoms with Gasteiger partial charge in [0, 0.05) is 51.4 Å². The van der Waals surface area contributed by atoms with Gasteiger partial charge in [0.05, 0.1) is 5.60 Å². The minimum absolute atomic E-state index is 0.00441. The molecular weight excluding hydrogens is 244 g/mol. The molecule has 2 rings (SSSR count). The molecule has 1 aromatic heterocycles. The summed E-state index contributed by atoms with van der Waals surface area (Å²) in [6.07, 6.45) is 2.86. The van der Waals surface area contributed by atoms with Crippen LogP contribution in [0.2, 0.25) is 0 Å². The van der Waals surface area contributed by atoms with E-state index in [1.807, 2.05) is 11.9 Å². The predicted octanol–water partition coefficient (Wildman–Crippen LogP) is 1.26. The van der Waals surface area contributed by atoms with Crippen molar-refractivity contribution in [1.29, 1.82) is 0 Å². The Morgan fingerprint density at radius 2 is 2.16 bits per heavy atom. The third-order valence-electron chi connectivity index (χ3n) is 3.50. The van der Waals surface area contributed by atoms with Gasteiger partial charge in [-0.2, -0.15) is 0 Å². The molecular formula is C14H20N2O3. The SMILES string of the molecule is CC(=O)c1ccc(N(C)CC2(O)CCOCC2)nc1. The maximum Gasteiger partial charge on any atom is 0.161 e. The summed E-state index contributed by atoms with van der Waals surface area (Å²) in [6, 6.07) is 3.56. The average Bonchev–Trinajstić information content (AvgIpc) is 2.39. The van der Waals surface area contributed by atoms with Crippen LogP contribution < -0.4 is 4.90 Å². The van der Waals surface area contributed by atoms with Gasteiger partial charge in [-0.15, -0.1) is 0 Å². The third-order valence-corrected chi connectivity index (χ3v) is 3.50. The number of hydrogen-bond donors (Lipinski definition) is 1. The van der Waals surface area contributed by atoms with E-state index < -0.39 is 5.60 Å². The Labute approximate surface area is 113 Å². The van der Waals surface area contributed by atoms with Gasteiger partial charge < -0.3 is 14.7 Å². The monoisotopic (exact) mass is 264 g/mol. The second kappa shape index (κ2) is 5.67. The molecule has 0 amide bonds. The predicted molar refractivity (Wildman–Crippen MR) is 72.5 cm³/mol. The number of pyridine rings is 1. The van der Waals surface area contributed by atoms with Crippen LogP contribution in [0, 0.1) is 0 Å². The van der Waals surface area contributed by atoms with E-state index in [4.69, 9.17) is 4.74 Å². The van der Waals surface area contributed by atoms with E-state index in [-0.39, 0.29) is 5.78 Å². The Morgan fingerprint density at radius 1 is 1.47 bits per heavy atom. The van der Waals surface area contributed by atoms with Gasteiger partial charge in [0.2, 0.25) is 0 Å². The van der Waals surface area contributed by atoms with Crippen LogP contribution in [-0.2, 0) is 4.74 Å². The minimum Gasteiger partial charge on any atom is -0.388 e. The zero-order valence-corrected chi connectivity index (χ0v) is 11.4. The highest BCUT2D eigenvalue weighted by atomic mass is 16.5. The summed E-state index contributed by atoms with van der Waals surface area (Å²) in [7, 11) is 1.89. The fraction of sp³-hybridized carbons (Fsp3) is 0.571. The number of ether oxygens (including phenoxy) is 1. The number of likely N-dealkylation sites (N-methyl/N-ethyl adjacent to an activating group) is 1. The molecule has 1 aliphatic rings. The minimum atomic E-state index is -0.714. The number of rotatable bonds is 4. The fourth-order valence-electron chi connectivity index (χ4n) is 2.25. The number of hydrogen-bond acceptors (Lipinski definition) is 5. The molecule has 1 aromatic rings. The molecule has 0 unspecified atom stereocenters. The second-order valence-corrected chi connectivity index (χ2v) is 5.15. The van der Waals surface area contributed by atoms with E-state index >= 15 is 0 Å². The van der Waals surface area contributed by atoms with Crippen LogP contribution in [0.1, 0.15) is 30.1 Å². The van der Waals surface area contributed by atoms with Crippen LogP contribution in [-0.4, -0.2) is 48.3 Å². The number of aliphatic hydroxyl groups is 1. The van der Waals surface area contributed by atoms with Gasteiger partial charge in [-0.25, -0.2) is 4.98 Å². The van der Waals surface area contributed by atoms with Gasteiger partial charge in [0.1, 0.15) is 5.82 Å². The molecule has 1 aliphatic heterocycles. The Bertz CT molecular complexity index is 439. The fourth-order valence-corrected chi connectivity index (χ4v) is 2.25. The van der Waals surface area contributed by atoms with Gasteiger partial charge in [-0.05, 0) is 19.1 Å². The molecule has 2 heterocycles. The Hall–Kier alpha value is -1.46. The van der Waals surface area contributed by atoms with Crippen molar-refractivity contribution in [2.75, 3.05) is 31.7 Å². The van der Waals surface area contributed by atoms with Crippen molar-refractivity contribution in [3.8, 4) is 0 Å². The summed E-state index contributed by atoms with van der Waals surface area (Å²) in [5.74, 6) is 0.759. The first-order valence-electron chi connectivity index (χ1n) is 6.48. The summed E-state index contributed by atoms with van der Waals surface area (Å²) in [5, 5.41) is 10.4. The molecule has 0 radical (unpaired) electrons. The second-order valence-electron chi connectivity index (χ2n) is 5.15. The molecule has 1 fully saturated rings. The summed E-state index contributed by atoms with van der Waals surface area (Å²) >= 11 is 0. The van der Waals surface area contributed by atoms with Crippen molar-refractivity contribution in [2.45, 2.75) is 25.4 Å². The van der Waals surface area contributed by atoms with Crippen LogP contribution in [0.4, 0.5) is 5.82 Å². The van der Waals surface area contributed by atoms with E-state index in [1.165, 1.54) is 6.92 Å². The lowest BCUT2D eigenvalue weighted by atomic mass is 9.94. The van der Waals surface area contributed by atoms with E-state index in [0.29, 0.717) is 38.2 Å². The van der Waals surface area contributed by atoms with Crippen molar-refractivity contribution in [2.24, 2.45) is 0 Å². The number of carbonyl (C=O) groups excluding carboxylic acids is 1. The van der Waals surface area contributed by atoms with Crippen LogP contribution in [0.25, 0.3) is 0 Å². The average molecular weight is 264 g/mol. The lowest BCUT2D eigenvalue weighted by Gasteiger charge is -2.35. The third kappa shape index (κ3) is 3.52. The molecule has 0 aromatic carbocycles. The zero-order valence-electron chi connectivity index (χ0n) is 11.4. The first-order valence-corrected chi connectivity index (χ1v) is 6.48. The normalized spacial score (nSPS) is 18.1. The number of ketones is 1. The number of Topliss-reactive ketones (excluding diaryl/α,β-unsaturated/α-hetero) is 1. The standard InChI is InChI=1S/C14H20N2O3/c1-11(17)12-3-4-13(15-9-12)16(2)10-14(18)5-7-19-8-6-14/h3-4,9,18H,5-8,10H2,1-2H3. The van der Waals surface area contributed by atoms with Crippen LogP contribution in [0.15, 0.2) is 18.3 Å². The highest BCUT2D eigenvalue weighted by molar-refractivity contribution is 5.93. The molecule has 1 saturated heterocycles. The number of anilines is 1. The molecule has 0 saturated carbocycles. The summed E-state index contributed by atoms with van der Waals surface area (Å²) in [5.41, 5.74) is -0.115. The quantitative estimate of drug-likeness (QED) is 0.830. The maximum atomic E-state index is 11.2. The highest BCUT2D eigenvalue weighted by Crippen LogP contribution is 2.23. The first-order chi connectivity index (χ1) is 9.00. The van der Waals surface area contributed by atoms with Gasteiger partial charge in [-0.1, -0.05) is 0 Å². The number of nitrogens with zero attached hydrogens (tertiary/aromatic N) is 2. The molecule has 0 atom stereocenters. The zero-order chi connectivity index (χ0) is 13.9. The topological polar surface area (TPSA) is 62.7 Å². The number of carbonyl (C=O) groups is 1. The van der Waals surface area contributed by atoms with Gasteiger partial charge in [-0.3, -0.25) is 4.79 Å². The van der Waals surface area contributed by atoms with Crippen molar-refractivity contribution in [3.05, 3.63) is 23.9 Å². The van der Waals surface area contributed by atoms with E-state index in [0.717, 1.165) is 5.82 Å². The smallest absolute Gasteiger partial charge is 0.161 e. The van der Waals surface area contributed by atoms with Gasteiger partial charge in [0.25, 0.3) is 0 Å². The van der Waals surface area contributed by atoms with E-state index in [1.54, 1.807) is 18.3 Å². The summed E-state index contributed by atoms with van der Waals surface area (Å²) in [6.45, 7) is 3.23. The lowest BCUT2D eigenvalue weighted by Crippen LogP contribution is -2.46.